The maximum Gasteiger partial charge on any atom is 0.309 e. The van der Waals surface area contributed by atoms with E-state index >= 15 is 0 Å². The molecule has 0 radical (unpaired) electrons. The topological polar surface area (TPSA) is 52.3 Å². The second kappa shape index (κ2) is 4.65. The molecule has 0 aliphatic carbocycles. The van der Waals surface area contributed by atoms with Gasteiger partial charge in [0.05, 0.1) is 13.5 Å². The van der Waals surface area contributed by atoms with Crippen molar-refractivity contribution in [3.05, 3.63) is 29.3 Å². The smallest absolute Gasteiger partial charge is 0.309 e. The van der Waals surface area contributed by atoms with E-state index in [1.807, 2.05) is 25.1 Å². The molecule has 0 aromatic heterocycles. The van der Waals surface area contributed by atoms with E-state index in [0.29, 0.717) is 0 Å². The van der Waals surface area contributed by atoms with Crippen LogP contribution in [-0.4, -0.2) is 13.1 Å². The Morgan fingerprint density at radius 1 is 1.50 bits per heavy atom. The largest absolute Gasteiger partial charge is 0.469 e. The second-order valence-corrected chi connectivity index (χ2v) is 3.14. The molecule has 76 valence electrons. The van der Waals surface area contributed by atoms with Gasteiger partial charge in [0, 0.05) is 5.69 Å². The second-order valence-electron chi connectivity index (χ2n) is 3.14. The number of nitrogen functional groups attached to an aromatic ring is 1. The molecule has 1 aromatic carbocycles. The summed E-state index contributed by atoms with van der Waals surface area (Å²) in [6, 6.07) is 5.69. The van der Waals surface area contributed by atoms with Crippen LogP contribution in [0.4, 0.5) is 5.69 Å². The van der Waals surface area contributed by atoms with Crippen LogP contribution >= 0.6 is 0 Å². The minimum absolute atomic E-state index is 0.242. The van der Waals surface area contributed by atoms with Gasteiger partial charge in [-0.25, -0.2) is 0 Å². The quantitative estimate of drug-likeness (QED) is 0.585. The SMILES string of the molecule is CCc1ccc(CC(=O)OC)cc1N. The number of benzene rings is 1. The van der Waals surface area contributed by atoms with Gasteiger partial charge in [0.15, 0.2) is 0 Å². The van der Waals surface area contributed by atoms with E-state index in [4.69, 9.17) is 5.73 Å². The van der Waals surface area contributed by atoms with Crippen molar-refractivity contribution in [2.45, 2.75) is 19.8 Å². The lowest BCUT2D eigenvalue weighted by atomic mass is 10.1. The van der Waals surface area contributed by atoms with E-state index in [1.54, 1.807) is 0 Å². The summed E-state index contributed by atoms with van der Waals surface area (Å²) in [7, 11) is 1.38. The summed E-state index contributed by atoms with van der Waals surface area (Å²) in [6.45, 7) is 2.05. The van der Waals surface area contributed by atoms with Gasteiger partial charge >= 0.3 is 5.97 Å². The molecule has 0 bridgehead atoms. The van der Waals surface area contributed by atoms with Crippen LogP contribution in [0.2, 0.25) is 0 Å². The zero-order chi connectivity index (χ0) is 10.6. The Kier molecular flexibility index (Phi) is 3.51. The first-order valence-electron chi connectivity index (χ1n) is 4.61. The van der Waals surface area contributed by atoms with E-state index in [-0.39, 0.29) is 12.4 Å². The van der Waals surface area contributed by atoms with Crippen LogP contribution < -0.4 is 5.73 Å². The number of rotatable bonds is 3. The van der Waals surface area contributed by atoms with Crippen molar-refractivity contribution in [3.8, 4) is 0 Å². The zero-order valence-electron chi connectivity index (χ0n) is 8.54. The number of carbonyl (C=O) groups excluding carboxylic acids is 1. The number of methoxy groups -OCH3 is 1. The van der Waals surface area contributed by atoms with E-state index in [1.165, 1.54) is 7.11 Å². The highest BCUT2D eigenvalue weighted by Gasteiger charge is 2.04. The molecule has 0 saturated carbocycles. The maximum atomic E-state index is 11.0. The van der Waals surface area contributed by atoms with E-state index in [9.17, 15) is 4.79 Å². The Hall–Kier alpha value is -1.51. The van der Waals surface area contributed by atoms with Gasteiger partial charge < -0.3 is 10.5 Å². The van der Waals surface area contributed by atoms with Crippen LogP contribution in [0.5, 0.6) is 0 Å². The summed E-state index contributed by atoms with van der Waals surface area (Å²) < 4.78 is 4.57. The van der Waals surface area contributed by atoms with Crippen molar-refractivity contribution in [3.63, 3.8) is 0 Å². The summed E-state index contributed by atoms with van der Waals surface area (Å²) in [5.74, 6) is -0.242. The van der Waals surface area contributed by atoms with Crippen molar-refractivity contribution in [1.82, 2.24) is 0 Å². The van der Waals surface area contributed by atoms with Gasteiger partial charge in [0.1, 0.15) is 0 Å². The predicted molar refractivity (Wildman–Crippen MR) is 56.0 cm³/mol. The summed E-state index contributed by atoms with van der Waals surface area (Å²) in [5, 5.41) is 0. The molecule has 0 fully saturated rings. The van der Waals surface area contributed by atoms with Gasteiger partial charge in [-0.3, -0.25) is 4.79 Å². The van der Waals surface area contributed by atoms with Gasteiger partial charge in [-0.2, -0.15) is 0 Å². The van der Waals surface area contributed by atoms with Gasteiger partial charge in [-0.05, 0) is 23.6 Å². The van der Waals surface area contributed by atoms with E-state index in [2.05, 4.69) is 4.74 Å². The van der Waals surface area contributed by atoms with Gasteiger partial charge in [-0.1, -0.05) is 19.1 Å². The highest BCUT2D eigenvalue weighted by Crippen LogP contribution is 2.15. The molecule has 0 aliphatic heterocycles. The lowest BCUT2D eigenvalue weighted by molar-refractivity contribution is -0.139. The molecule has 0 spiro atoms. The Balaban J connectivity index is 2.81. The fourth-order valence-electron chi connectivity index (χ4n) is 1.32. The molecule has 0 heterocycles. The van der Waals surface area contributed by atoms with Crippen molar-refractivity contribution in [2.24, 2.45) is 0 Å². The van der Waals surface area contributed by atoms with Crippen molar-refractivity contribution in [2.75, 3.05) is 12.8 Å². The van der Waals surface area contributed by atoms with E-state index < -0.39 is 0 Å². The minimum Gasteiger partial charge on any atom is -0.469 e. The summed E-state index contributed by atoms with van der Waals surface area (Å²) >= 11 is 0. The number of hydrogen-bond acceptors (Lipinski definition) is 3. The first kappa shape index (κ1) is 10.6. The van der Waals surface area contributed by atoms with Crippen LogP contribution in [0.15, 0.2) is 18.2 Å². The van der Waals surface area contributed by atoms with E-state index in [0.717, 1.165) is 23.2 Å². The standard InChI is InChI=1S/C11H15NO2/c1-3-9-5-4-8(6-10(9)12)7-11(13)14-2/h4-6H,3,7,12H2,1-2H3. The van der Waals surface area contributed by atoms with Crippen molar-refractivity contribution >= 4 is 11.7 Å². The third-order valence-electron chi connectivity index (χ3n) is 2.17. The molecule has 2 N–H and O–H groups in total. The Morgan fingerprint density at radius 3 is 2.71 bits per heavy atom. The highest BCUT2D eigenvalue weighted by atomic mass is 16.5. The number of anilines is 1. The first-order chi connectivity index (χ1) is 6.67. The van der Waals surface area contributed by atoms with Crippen LogP contribution in [0.1, 0.15) is 18.1 Å². The molecule has 14 heavy (non-hydrogen) atoms. The fraction of sp³-hybridized carbons (Fsp3) is 0.364. The molecular weight excluding hydrogens is 178 g/mol. The average Bonchev–Trinajstić information content (AvgIpc) is 2.18. The first-order valence-corrected chi connectivity index (χ1v) is 4.61. The number of esters is 1. The average molecular weight is 193 g/mol. The van der Waals surface area contributed by atoms with Crippen LogP contribution in [0, 0.1) is 0 Å². The Labute approximate surface area is 83.9 Å². The lowest BCUT2D eigenvalue weighted by Crippen LogP contribution is -2.05. The van der Waals surface area contributed by atoms with Gasteiger partial charge in [-0.15, -0.1) is 0 Å². The number of ether oxygens (including phenoxy) is 1. The molecule has 3 nitrogen and oxygen atoms in total. The Morgan fingerprint density at radius 2 is 2.21 bits per heavy atom. The summed E-state index contributed by atoms with van der Waals surface area (Å²) in [6.07, 6.45) is 1.19. The predicted octanol–water partition coefficient (Wildman–Crippen LogP) is 1.55. The molecule has 0 saturated heterocycles. The third kappa shape index (κ3) is 2.49. The number of hydrogen-bond donors (Lipinski definition) is 1. The van der Waals surface area contributed by atoms with Crippen LogP contribution in [-0.2, 0) is 22.4 Å². The fourth-order valence-corrected chi connectivity index (χ4v) is 1.32. The van der Waals surface area contributed by atoms with Crippen molar-refractivity contribution in [1.29, 1.82) is 0 Å². The summed E-state index contributed by atoms with van der Waals surface area (Å²) in [4.78, 5) is 11.0. The summed E-state index contributed by atoms with van der Waals surface area (Å²) in [5.41, 5.74) is 8.55. The number of aryl methyl sites for hydroxylation is 1. The van der Waals surface area contributed by atoms with Gasteiger partial charge in [0.2, 0.25) is 0 Å². The molecule has 0 aliphatic rings. The monoisotopic (exact) mass is 193 g/mol. The van der Waals surface area contributed by atoms with Crippen LogP contribution in [0.3, 0.4) is 0 Å². The zero-order valence-corrected chi connectivity index (χ0v) is 8.54. The third-order valence-corrected chi connectivity index (χ3v) is 2.17. The number of carbonyl (C=O) groups is 1. The Bertz CT molecular complexity index is 334. The number of nitrogens with two attached hydrogens (primary N) is 1. The maximum absolute atomic E-state index is 11.0. The molecule has 1 rings (SSSR count). The molecule has 0 amide bonds. The lowest BCUT2D eigenvalue weighted by Gasteiger charge is -2.05. The molecular formula is C11H15NO2. The minimum atomic E-state index is -0.242. The normalized spacial score (nSPS) is 9.86. The molecule has 3 heteroatoms. The highest BCUT2D eigenvalue weighted by molar-refractivity contribution is 5.73. The van der Waals surface area contributed by atoms with Crippen LogP contribution in [0.25, 0.3) is 0 Å². The van der Waals surface area contributed by atoms with Gasteiger partial charge in [0.25, 0.3) is 0 Å². The molecule has 1 aromatic rings. The molecule has 0 atom stereocenters. The van der Waals surface area contributed by atoms with Crippen molar-refractivity contribution < 1.29 is 9.53 Å². The molecule has 0 unspecified atom stereocenters.